The summed E-state index contributed by atoms with van der Waals surface area (Å²) in [5, 5.41) is 2.56. The fraction of sp³-hybridized carbons (Fsp3) is 0.467. The molecular formula is C15H18ClNOS. The number of fused-ring (bicyclic) bond motifs is 1. The molecule has 1 heterocycles. The number of furan rings is 1. The van der Waals surface area contributed by atoms with Gasteiger partial charge in [-0.15, -0.1) is 0 Å². The zero-order valence-electron chi connectivity index (χ0n) is 10.8. The van der Waals surface area contributed by atoms with Gasteiger partial charge in [0.2, 0.25) is 0 Å². The van der Waals surface area contributed by atoms with E-state index in [0.29, 0.717) is 0 Å². The first-order chi connectivity index (χ1) is 9.22. The number of thioether (sulfide) groups is 1. The third-order valence-electron chi connectivity index (χ3n) is 3.68. The lowest BCUT2D eigenvalue weighted by Gasteiger charge is -2.12. The van der Waals surface area contributed by atoms with Crippen molar-refractivity contribution < 1.29 is 4.42 Å². The predicted molar refractivity (Wildman–Crippen MR) is 82.9 cm³/mol. The maximum Gasteiger partial charge on any atom is 0.134 e. The SMILES string of the molecule is NC(CSC1CCCC1)c1cc2cc(Cl)ccc2o1. The molecule has 102 valence electrons. The summed E-state index contributed by atoms with van der Waals surface area (Å²) in [4.78, 5) is 0. The predicted octanol–water partition coefficient (Wildman–Crippen LogP) is 4.76. The molecule has 0 spiro atoms. The van der Waals surface area contributed by atoms with Crippen LogP contribution in [0.5, 0.6) is 0 Å². The Morgan fingerprint density at radius 3 is 2.89 bits per heavy atom. The van der Waals surface area contributed by atoms with Crippen molar-refractivity contribution in [2.45, 2.75) is 37.0 Å². The average molecular weight is 296 g/mol. The largest absolute Gasteiger partial charge is 0.459 e. The molecule has 1 aliphatic rings. The van der Waals surface area contributed by atoms with Crippen molar-refractivity contribution in [3.05, 3.63) is 35.0 Å². The van der Waals surface area contributed by atoms with E-state index >= 15 is 0 Å². The number of halogens is 1. The molecule has 1 aromatic heterocycles. The van der Waals surface area contributed by atoms with Gasteiger partial charge in [0, 0.05) is 21.4 Å². The van der Waals surface area contributed by atoms with Crippen molar-refractivity contribution in [2.24, 2.45) is 5.73 Å². The van der Waals surface area contributed by atoms with Crippen molar-refractivity contribution in [3.63, 3.8) is 0 Å². The molecule has 2 N–H and O–H groups in total. The first kappa shape index (κ1) is 13.3. The fourth-order valence-electron chi connectivity index (χ4n) is 2.59. The van der Waals surface area contributed by atoms with Crippen LogP contribution in [0.25, 0.3) is 11.0 Å². The van der Waals surface area contributed by atoms with E-state index in [4.69, 9.17) is 21.8 Å². The van der Waals surface area contributed by atoms with Gasteiger partial charge in [-0.2, -0.15) is 11.8 Å². The standard InChI is InChI=1S/C15H18ClNOS/c16-11-5-6-14-10(7-11)8-15(18-14)13(17)9-19-12-3-1-2-4-12/h5-8,12-13H,1-4,9,17H2. The van der Waals surface area contributed by atoms with E-state index in [0.717, 1.165) is 32.8 Å². The minimum atomic E-state index is -0.0308. The van der Waals surface area contributed by atoms with Gasteiger partial charge in [0.1, 0.15) is 11.3 Å². The number of hydrogen-bond acceptors (Lipinski definition) is 3. The smallest absolute Gasteiger partial charge is 0.134 e. The van der Waals surface area contributed by atoms with E-state index in [1.54, 1.807) is 0 Å². The molecule has 1 saturated carbocycles. The lowest BCUT2D eigenvalue weighted by Crippen LogP contribution is -2.13. The third-order valence-corrected chi connectivity index (χ3v) is 5.41. The van der Waals surface area contributed by atoms with Crippen molar-refractivity contribution >= 4 is 34.3 Å². The van der Waals surface area contributed by atoms with Gasteiger partial charge >= 0.3 is 0 Å². The van der Waals surface area contributed by atoms with Crippen molar-refractivity contribution in [3.8, 4) is 0 Å². The molecule has 1 aromatic carbocycles. The molecule has 1 aliphatic carbocycles. The Kier molecular flexibility index (Phi) is 4.06. The van der Waals surface area contributed by atoms with Crippen LogP contribution < -0.4 is 5.73 Å². The van der Waals surface area contributed by atoms with Crippen LogP contribution >= 0.6 is 23.4 Å². The Labute approximate surface area is 122 Å². The normalized spacial score (nSPS) is 18.2. The van der Waals surface area contributed by atoms with Crippen LogP contribution in [-0.4, -0.2) is 11.0 Å². The number of nitrogens with two attached hydrogens (primary N) is 1. The van der Waals surface area contributed by atoms with E-state index in [1.807, 2.05) is 36.0 Å². The summed E-state index contributed by atoms with van der Waals surface area (Å²) in [6, 6.07) is 7.65. The second-order valence-corrected chi connectivity index (χ2v) is 6.95. The summed E-state index contributed by atoms with van der Waals surface area (Å²) in [7, 11) is 0. The summed E-state index contributed by atoms with van der Waals surface area (Å²) in [5.41, 5.74) is 7.09. The number of benzene rings is 1. The minimum absolute atomic E-state index is 0.0308. The van der Waals surface area contributed by atoms with E-state index in [1.165, 1.54) is 25.7 Å². The Morgan fingerprint density at radius 1 is 1.32 bits per heavy atom. The molecule has 0 amide bonds. The minimum Gasteiger partial charge on any atom is -0.459 e. The highest BCUT2D eigenvalue weighted by Crippen LogP contribution is 2.33. The number of rotatable bonds is 4. The summed E-state index contributed by atoms with van der Waals surface area (Å²) in [5.74, 6) is 1.79. The van der Waals surface area contributed by atoms with E-state index < -0.39 is 0 Å². The quantitative estimate of drug-likeness (QED) is 0.883. The monoisotopic (exact) mass is 295 g/mol. The molecule has 4 heteroatoms. The van der Waals surface area contributed by atoms with Gasteiger partial charge < -0.3 is 10.2 Å². The topological polar surface area (TPSA) is 39.2 Å². The molecule has 2 nitrogen and oxygen atoms in total. The van der Waals surface area contributed by atoms with E-state index in [9.17, 15) is 0 Å². The molecule has 0 bridgehead atoms. The lowest BCUT2D eigenvalue weighted by molar-refractivity contribution is 0.516. The summed E-state index contributed by atoms with van der Waals surface area (Å²) >= 11 is 7.97. The van der Waals surface area contributed by atoms with Crippen LogP contribution in [-0.2, 0) is 0 Å². The lowest BCUT2D eigenvalue weighted by atomic mass is 10.2. The molecule has 0 aliphatic heterocycles. The van der Waals surface area contributed by atoms with Crippen molar-refractivity contribution in [1.82, 2.24) is 0 Å². The molecule has 1 unspecified atom stereocenters. The van der Waals surface area contributed by atoms with Gasteiger partial charge in [0.25, 0.3) is 0 Å². The molecule has 0 radical (unpaired) electrons. The van der Waals surface area contributed by atoms with Crippen LogP contribution in [0.1, 0.15) is 37.5 Å². The highest BCUT2D eigenvalue weighted by molar-refractivity contribution is 7.99. The Balaban J connectivity index is 1.68. The first-order valence-electron chi connectivity index (χ1n) is 6.78. The van der Waals surface area contributed by atoms with Gasteiger partial charge in [0.15, 0.2) is 0 Å². The Morgan fingerprint density at radius 2 is 2.11 bits per heavy atom. The third kappa shape index (κ3) is 3.10. The molecule has 1 atom stereocenters. The summed E-state index contributed by atoms with van der Waals surface area (Å²) < 4.78 is 5.80. The van der Waals surface area contributed by atoms with Crippen LogP contribution in [0.4, 0.5) is 0 Å². The van der Waals surface area contributed by atoms with Crippen LogP contribution in [0.15, 0.2) is 28.7 Å². The van der Waals surface area contributed by atoms with Gasteiger partial charge in [0.05, 0.1) is 6.04 Å². The van der Waals surface area contributed by atoms with E-state index in [-0.39, 0.29) is 6.04 Å². The van der Waals surface area contributed by atoms with E-state index in [2.05, 4.69) is 0 Å². The Hall–Kier alpha value is -0.640. The zero-order valence-corrected chi connectivity index (χ0v) is 12.3. The average Bonchev–Trinajstić information content (AvgIpc) is 3.04. The first-order valence-corrected chi connectivity index (χ1v) is 8.21. The van der Waals surface area contributed by atoms with Crippen LogP contribution in [0, 0.1) is 0 Å². The molecule has 2 aromatic rings. The van der Waals surface area contributed by atoms with Crippen molar-refractivity contribution in [1.29, 1.82) is 0 Å². The molecule has 19 heavy (non-hydrogen) atoms. The highest BCUT2D eigenvalue weighted by Gasteiger charge is 2.18. The summed E-state index contributed by atoms with van der Waals surface area (Å²) in [6.45, 7) is 0. The maximum absolute atomic E-state index is 6.23. The fourth-order valence-corrected chi connectivity index (χ4v) is 4.09. The zero-order chi connectivity index (χ0) is 13.2. The molecule has 0 saturated heterocycles. The summed E-state index contributed by atoms with van der Waals surface area (Å²) in [6.07, 6.45) is 5.42. The maximum atomic E-state index is 6.23. The second-order valence-electron chi connectivity index (χ2n) is 5.18. The van der Waals surface area contributed by atoms with Gasteiger partial charge in [-0.3, -0.25) is 0 Å². The molecule has 3 rings (SSSR count). The van der Waals surface area contributed by atoms with Gasteiger partial charge in [-0.25, -0.2) is 0 Å². The van der Waals surface area contributed by atoms with Crippen molar-refractivity contribution in [2.75, 3.05) is 5.75 Å². The molecular weight excluding hydrogens is 278 g/mol. The van der Waals surface area contributed by atoms with Crippen LogP contribution in [0.2, 0.25) is 5.02 Å². The Bertz CT molecular complexity index is 562. The second kappa shape index (κ2) is 5.78. The van der Waals surface area contributed by atoms with Gasteiger partial charge in [-0.05, 0) is 37.1 Å². The van der Waals surface area contributed by atoms with Crippen LogP contribution in [0.3, 0.4) is 0 Å². The van der Waals surface area contributed by atoms with Gasteiger partial charge in [-0.1, -0.05) is 24.4 Å². The highest BCUT2D eigenvalue weighted by atomic mass is 35.5. The number of hydrogen-bond donors (Lipinski definition) is 1. The molecule has 1 fully saturated rings.